The molecule has 0 aromatic heterocycles. The Bertz CT molecular complexity index is 1350. The predicted octanol–water partition coefficient (Wildman–Crippen LogP) is 5.89. The number of amides is 3. The second-order valence-electron chi connectivity index (χ2n) is 9.36. The Morgan fingerprint density at radius 1 is 0.850 bits per heavy atom. The fraction of sp³-hybridized carbons (Fsp3) is 0.300. The van der Waals surface area contributed by atoms with Crippen molar-refractivity contribution in [3.05, 3.63) is 93.5 Å². The molecule has 3 aromatic rings. The first kappa shape index (κ1) is 29.2. The molecule has 1 saturated heterocycles. The van der Waals surface area contributed by atoms with Crippen LogP contribution in [0.2, 0.25) is 10.0 Å². The van der Waals surface area contributed by atoms with Crippen molar-refractivity contribution in [1.82, 2.24) is 10.2 Å². The molecule has 0 bridgehead atoms. The normalized spacial score (nSPS) is 13.4. The molecular formula is C30H32Cl2N4O4. The van der Waals surface area contributed by atoms with Crippen LogP contribution in [0.4, 0.5) is 16.2 Å². The van der Waals surface area contributed by atoms with Crippen molar-refractivity contribution in [2.24, 2.45) is 0 Å². The van der Waals surface area contributed by atoms with Crippen LogP contribution < -0.4 is 15.5 Å². The lowest BCUT2D eigenvalue weighted by molar-refractivity contribution is 0.0952. The minimum atomic E-state index is -0.341. The van der Waals surface area contributed by atoms with Gasteiger partial charge in [-0.25, -0.2) is 4.79 Å². The van der Waals surface area contributed by atoms with Crippen molar-refractivity contribution in [2.75, 3.05) is 49.5 Å². The number of hydrogen-bond acceptors (Lipinski definition) is 5. The summed E-state index contributed by atoms with van der Waals surface area (Å²) in [6.45, 7) is 4.83. The summed E-state index contributed by atoms with van der Waals surface area (Å²) in [4.78, 5) is 42.2. The Labute approximate surface area is 244 Å². The molecule has 0 radical (unpaired) electrons. The minimum Gasteiger partial charge on any atom is -0.450 e. The number of rotatable bonds is 8. The highest BCUT2D eigenvalue weighted by molar-refractivity contribution is 6.31. The van der Waals surface area contributed by atoms with E-state index in [1.165, 1.54) is 0 Å². The highest BCUT2D eigenvalue weighted by Gasteiger charge is 2.23. The molecule has 1 fully saturated rings. The van der Waals surface area contributed by atoms with Crippen molar-refractivity contribution in [3.8, 4) is 0 Å². The maximum atomic E-state index is 13.1. The zero-order chi connectivity index (χ0) is 28.5. The maximum absolute atomic E-state index is 13.1. The highest BCUT2D eigenvalue weighted by atomic mass is 35.5. The van der Waals surface area contributed by atoms with E-state index in [-0.39, 0.29) is 17.9 Å². The standard InChI is InChI=1S/C30H32Cl2N4O4/c1-2-40-30(39)36-16-4-15-35(17-18-36)27-12-9-23(28(37)33-14-13-21-7-10-24(31)11-8-21)20-26(27)34-29(38)22-5-3-6-25(32)19-22/h3,5-12,19-20H,2,4,13-18H2,1H3,(H,33,37)(H,34,38). The average molecular weight is 584 g/mol. The molecule has 40 heavy (non-hydrogen) atoms. The lowest BCUT2D eigenvalue weighted by atomic mass is 10.1. The third-order valence-electron chi connectivity index (χ3n) is 6.57. The van der Waals surface area contributed by atoms with Crippen molar-refractivity contribution < 1.29 is 19.1 Å². The zero-order valence-electron chi connectivity index (χ0n) is 22.3. The van der Waals surface area contributed by atoms with Gasteiger partial charge >= 0.3 is 6.09 Å². The van der Waals surface area contributed by atoms with E-state index in [4.69, 9.17) is 27.9 Å². The molecule has 2 N–H and O–H groups in total. The number of carbonyl (C=O) groups excluding carboxylic acids is 3. The Hall–Kier alpha value is -3.75. The van der Waals surface area contributed by atoms with E-state index in [1.807, 2.05) is 30.3 Å². The summed E-state index contributed by atoms with van der Waals surface area (Å²) in [5.41, 5.74) is 3.15. The van der Waals surface area contributed by atoms with E-state index in [0.717, 1.165) is 17.7 Å². The van der Waals surface area contributed by atoms with Crippen molar-refractivity contribution in [1.29, 1.82) is 0 Å². The van der Waals surface area contributed by atoms with E-state index in [2.05, 4.69) is 15.5 Å². The number of benzene rings is 3. The topological polar surface area (TPSA) is 91.0 Å². The first-order chi connectivity index (χ1) is 19.3. The number of nitrogens with one attached hydrogen (secondary N) is 2. The fourth-order valence-electron chi connectivity index (χ4n) is 4.51. The maximum Gasteiger partial charge on any atom is 0.409 e. The summed E-state index contributed by atoms with van der Waals surface area (Å²) in [7, 11) is 0. The third kappa shape index (κ3) is 7.90. The van der Waals surface area contributed by atoms with Crippen LogP contribution in [-0.4, -0.2) is 62.1 Å². The number of halogens is 2. The number of anilines is 2. The van der Waals surface area contributed by atoms with E-state index in [0.29, 0.717) is 72.6 Å². The summed E-state index contributed by atoms with van der Waals surface area (Å²) in [5, 5.41) is 7.04. The van der Waals surface area contributed by atoms with Crippen LogP contribution in [0.5, 0.6) is 0 Å². The van der Waals surface area contributed by atoms with E-state index < -0.39 is 0 Å². The Morgan fingerprint density at radius 2 is 1.62 bits per heavy atom. The molecule has 3 amide bonds. The lowest BCUT2D eigenvalue weighted by Crippen LogP contribution is -2.35. The molecule has 1 aliphatic rings. The molecule has 0 saturated carbocycles. The first-order valence-corrected chi connectivity index (χ1v) is 14.0. The van der Waals surface area contributed by atoms with E-state index in [1.54, 1.807) is 48.2 Å². The van der Waals surface area contributed by atoms with Crippen molar-refractivity contribution in [3.63, 3.8) is 0 Å². The van der Waals surface area contributed by atoms with Crippen molar-refractivity contribution >= 4 is 52.5 Å². The molecule has 0 aliphatic carbocycles. The Kier molecular flexibility index (Phi) is 10.3. The highest BCUT2D eigenvalue weighted by Crippen LogP contribution is 2.29. The smallest absolute Gasteiger partial charge is 0.409 e. The van der Waals surface area contributed by atoms with E-state index >= 15 is 0 Å². The summed E-state index contributed by atoms with van der Waals surface area (Å²) in [6, 6.07) is 19.4. The number of carbonyl (C=O) groups is 3. The summed E-state index contributed by atoms with van der Waals surface area (Å²) >= 11 is 12.1. The molecule has 0 atom stereocenters. The molecule has 1 heterocycles. The van der Waals surface area contributed by atoms with Gasteiger partial charge in [0.05, 0.1) is 18.0 Å². The second-order valence-corrected chi connectivity index (χ2v) is 10.2. The molecule has 210 valence electrons. The van der Waals surface area contributed by atoms with Crippen molar-refractivity contribution in [2.45, 2.75) is 19.8 Å². The third-order valence-corrected chi connectivity index (χ3v) is 7.06. The average Bonchev–Trinajstić information content (AvgIpc) is 3.20. The van der Waals surface area contributed by atoms with Gasteiger partial charge in [0.1, 0.15) is 0 Å². The van der Waals surface area contributed by atoms with Crippen LogP contribution in [0.1, 0.15) is 39.6 Å². The van der Waals surface area contributed by atoms with Gasteiger partial charge in [0, 0.05) is 53.9 Å². The van der Waals surface area contributed by atoms with Crippen LogP contribution in [0.3, 0.4) is 0 Å². The molecule has 0 spiro atoms. The molecule has 8 nitrogen and oxygen atoms in total. The monoisotopic (exact) mass is 582 g/mol. The Morgan fingerprint density at radius 3 is 2.38 bits per heavy atom. The van der Waals surface area contributed by atoms with Gasteiger partial charge in [-0.15, -0.1) is 0 Å². The lowest BCUT2D eigenvalue weighted by Gasteiger charge is -2.26. The van der Waals surface area contributed by atoms with Crippen LogP contribution in [0.15, 0.2) is 66.7 Å². The van der Waals surface area contributed by atoms with Gasteiger partial charge in [0.15, 0.2) is 0 Å². The molecule has 10 heteroatoms. The molecule has 1 aliphatic heterocycles. The van der Waals surface area contributed by atoms with Crippen LogP contribution in [-0.2, 0) is 11.2 Å². The van der Waals surface area contributed by atoms with Crippen LogP contribution in [0, 0.1) is 0 Å². The first-order valence-electron chi connectivity index (χ1n) is 13.2. The molecule has 4 rings (SSSR count). The SMILES string of the molecule is CCOC(=O)N1CCCN(c2ccc(C(=O)NCCc3ccc(Cl)cc3)cc2NC(=O)c2cccc(Cl)c2)CC1. The van der Waals surface area contributed by atoms with Gasteiger partial charge < -0.3 is 25.2 Å². The minimum absolute atomic E-state index is 0.247. The summed E-state index contributed by atoms with van der Waals surface area (Å²) in [5.74, 6) is -0.588. The molecule has 0 unspecified atom stereocenters. The Balaban J connectivity index is 1.52. The van der Waals surface area contributed by atoms with Gasteiger partial charge in [0.2, 0.25) is 0 Å². The second kappa shape index (κ2) is 14.1. The molecule has 3 aromatic carbocycles. The van der Waals surface area contributed by atoms with Gasteiger partial charge in [-0.3, -0.25) is 9.59 Å². The predicted molar refractivity (Wildman–Crippen MR) is 159 cm³/mol. The number of ether oxygens (including phenoxy) is 1. The molecular weight excluding hydrogens is 551 g/mol. The quantitative estimate of drug-likeness (QED) is 0.345. The number of hydrogen-bond donors (Lipinski definition) is 2. The zero-order valence-corrected chi connectivity index (χ0v) is 23.8. The van der Waals surface area contributed by atoms with Crippen LogP contribution in [0.25, 0.3) is 0 Å². The fourth-order valence-corrected chi connectivity index (χ4v) is 4.82. The van der Waals surface area contributed by atoms with E-state index in [9.17, 15) is 14.4 Å². The largest absolute Gasteiger partial charge is 0.450 e. The van der Waals surface area contributed by atoms with Gasteiger partial charge in [-0.1, -0.05) is 41.4 Å². The van der Waals surface area contributed by atoms with Gasteiger partial charge in [-0.05, 0) is 73.9 Å². The van der Waals surface area contributed by atoms with Gasteiger partial charge in [-0.2, -0.15) is 0 Å². The van der Waals surface area contributed by atoms with Crippen LogP contribution >= 0.6 is 23.2 Å². The summed E-state index contributed by atoms with van der Waals surface area (Å²) in [6.07, 6.45) is 1.06. The van der Waals surface area contributed by atoms with Gasteiger partial charge in [0.25, 0.3) is 11.8 Å². The summed E-state index contributed by atoms with van der Waals surface area (Å²) < 4.78 is 5.17. The number of nitrogens with zero attached hydrogens (tertiary/aromatic N) is 2.